The van der Waals surface area contributed by atoms with Crippen LogP contribution in [-0.2, 0) is 6.18 Å². The first-order chi connectivity index (χ1) is 11.8. The van der Waals surface area contributed by atoms with Gasteiger partial charge in [-0.05, 0) is 36.8 Å². The predicted octanol–water partition coefficient (Wildman–Crippen LogP) is 4.61. The SMILES string of the molecule is CCCCNc1ccc(C(=O)Nc2ccc(Cl)cc2C(F)(F)F)nn1. The van der Waals surface area contributed by atoms with Gasteiger partial charge in [0.1, 0.15) is 5.82 Å². The molecule has 0 radical (unpaired) electrons. The quantitative estimate of drug-likeness (QED) is 0.726. The zero-order valence-electron chi connectivity index (χ0n) is 13.3. The maximum atomic E-state index is 13.0. The molecule has 0 aliphatic carbocycles. The molecule has 1 aromatic carbocycles. The number of nitrogens with one attached hydrogen (secondary N) is 2. The highest BCUT2D eigenvalue weighted by Crippen LogP contribution is 2.36. The number of carbonyl (C=O) groups is 1. The Morgan fingerprint density at radius 2 is 1.96 bits per heavy atom. The van der Waals surface area contributed by atoms with Gasteiger partial charge < -0.3 is 10.6 Å². The van der Waals surface area contributed by atoms with Gasteiger partial charge in [0.05, 0.1) is 11.3 Å². The van der Waals surface area contributed by atoms with Crippen LogP contribution in [0.4, 0.5) is 24.7 Å². The molecule has 1 heterocycles. The molecule has 0 aliphatic heterocycles. The van der Waals surface area contributed by atoms with Gasteiger partial charge in [0, 0.05) is 11.6 Å². The Balaban J connectivity index is 2.12. The highest BCUT2D eigenvalue weighted by atomic mass is 35.5. The number of rotatable bonds is 6. The van der Waals surface area contributed by atoms with E-state index in [1.54, 1.807) is 6.07 Å². The molecule has 0 spiro atoms. The summed E-state index contributed by atoms with van der Waals surface area (Å²) in [5.41, 5.74) is -1.52. The summed E-state index contributed by atoms with van der Waals surface area (Å²) in [6.45, 7) is 2.77. The number of carbonyl (C=O) groups excluding carboxylic acids is 1. The molecule has 2 N–H and O–H groups in total. The van der Waals surface area contributed by atoms with Crippen LogP contribution >= 0.6 is 11.6 Å². The van der Waals surface area contributed by atoms with Crippen LogP contribution in [0.2, 0.25) is 5.02 Å². The second kappa shape index (κ2) is 8.15. The molecule has 0 unspecified atom stereocenters. The molecule has 0 aliphatic rings. The van der Waals surface area contributed by atoms with Gasteiger partial charge in [-0.1, -0.05) is 24.9 Å². The van der Waals surface area contributed by atoms with E-state index >= 15 is 0 Å². The van der Waals surface area contributed by atoms with Gasteiger partial charge in [-0.2, -0.15) is 13.2 Å². The standard InChI is InChI=1S/C16H16ClF3N4O/c1-2-3-8-21-14-7-6-13(23-24-14)15(25)22-12-5-4-10(17)9-11(12)16(18,19)20/h4-7,9H,2-3,8H2,1H3,(H,21,24)(H,22,25). The summed E-state index contributed by atoms with van der Waals surface area (Å²) >= 11 is 5.60. The van der Waals surface area contributed by atoms with Crippen LogP contribution in [0.15, 0.2) is 30.3 Å². The van der Waals surface area contributed by atoms with Crippen LogP contribution < -0.4 is 10.6 Å². The molecule has 25 heavy (non-hydrogen) atoms. The molecule has 0 atom stereocenters. The second-order valence-corrected chi connectivity index (χ2v) is 5.66. The maximum absolute atomic E-state index is 13.0. The summed E-state index contributed by atoms with van der Waals surface area (Å²) in [6, 6.07) is 6.05. The molecule has 134 valence electrons. The van der Waals surface area contributed by atoms with E-state index in [1.165, 1.54) is 12.1 Å². The van der Waals surface area contributed by atoms with Gasteiger partial charge >= 0.3 is 6.18 Å². The van der Waals surface area contributed by atoms with Crippen LogP contribution in [-0.4, -0.2) is 22.6 Å². The molecule has 2 rings (SSSR count). The molecule has 0 bridgehead atoms. The number of aromatic nitrogens is 2. The molecule has 2 aromatic rings. The van der Waals surface area contributed by atoms with Crippen molar-refractivity contribution in [2.45, 2.75) is 25.9 Å². The Morgan fingerprint density at radius 3 is 2.56 bits per heavy atom. The minimum absolute atomic E-state index is 0.0763. The molecule has 9 heteroatoms. The van der Waals surface area contributed by atoms with E-state index < -0.39 is 23.3 Å². The van der Waals surface area contributed by atoms with Crippen molar-refractivity contribution >= 4 is 29.0 Å². The highest BCUT2D eigenvalue weighted by molar-refractivity contribution is 6.30. The molecular weight excluding hydrogens is 357 g/mol. The summed E-state index contributed by atoms with van der Waals surface area (Å²) in [4.78, 5) is 12.1. The van der Waals surface area contributed by atoms with Crippen molar-refractivity contribution in [1.29, 1.82) is 0 Å². The lowest BCUT2D eigenvalue weighted by molar-refractivity contribution is -0.136. The number of hydrogen-bond donors (Lipinski definition) is 2. The molecule has 1 amide bonds. The van der Waals surface area contributed by atoms with Crippen LogP contribution in [0, 0.1) is 0 Å². The summed E-state index contributed by atoms with van der Waals surface area (Å²) in [5, 5.41) is 12.7. The molecule has 1 aromatic heterocycles. The topological polar surface area (TPSA) is 66.9 Å². The van der Waals surface area contributed by atoms with Crippen molar-refractivity contribution in [3.05, 3.63) is 46.6 Å². The lowest BCUT2D eigenvalue weighted by Gasteiger charge is -2.14. The lowest BCUT2D eigenvalue weighted by atomic mass is 10.1. The normalized spacial score (nSPS) is 11.2. The first kappa shape index (κ1) is 19.0. The van der Waals surface area contributed by atoms with Crippen LogP contribution in [0.25, 0.3) is 0 Å². The van der Waals surface area contributed by atoms with Gasteiger partial charge in [-0.3, -0.25) is 4.79 Å². The average Bonchev–Trinajstić information content (AvgIpc) is 2.56. The number of benzene rings is 1. The Kier molecular flexibility index (Phi) is 6.19. The Labute approximate surface area is 147 Å². The van der Waals surface area contributed by atoms with E-state index in [4.69, 9.17) is 11.6 Å². The van der Waals surface area contributed by atoms with Gasteiger partial charge in [-0.25, -0.2) is 0 Å². The fourth-order valence-electron chi connectivity index (χ4n) is 1.99. The minimum atomic E-state index is -4.65. The van der Waals surface area contributed by atoms with E-state index in [2.05, 4.69) is 20.8 Å². The molecule has 0 fully saturated rings. The number of unbranched alkanes of at least 4 members (excludes halogenated alkanes) is 1. The maximum Gasteiger partial charge on any atom is 0.418 e. The van der Waals surface area contributed by atoms with E-state index in [9.17, 15) is 18.0 Å². The van der Waals surface area contributed by atoms with E-state index in [-0.39, 0.29) is 10.7 Å². The molecular formula is C16H16ClF3N4O. The predicted molar refractivity (Wildman–Crippen MR) is 89.8 cm³/mol. The third kappa shape index (κ3) is 5.32. The number of nitrogens with zero attached hydrogens (tertiary/aromatic N) is 2. The van der Waals surface area contributed by atoms with Gasteiger partial charge in [0.2, 0.25) is 0 Å². The molecule has 0 saturated heterocycles. The first-order valence-corrected chi connectivity index (χ1v) is 7.94. The fraction of sp³-hybridized carbons (Fsp3) is 0.312. The smallest absolute Gasteiger partial charge is 0.369 e. The molecule has 5 nitrogen and oxygen atoms in total. The summed E-state index contributed by atoms with van der Waals surface area (Å²) in [6.07, 6.45) is -2.67. The van der Waals surface area contributed by atoms with Crippen molar-refractivity contribution in [2.75, 3.05) is 17.2 Å². The van der Waals surface area contributed by atoms with Crippen molar-refractivity contribution in [2.24, 2.45) is 0 Å². The Morgan fingerprint density at radius 1 is 1.20 bits per heavy atom. The van der Waals surface area contributed by atoms with Gasteiger partial charge in [-0.15, -0.1) is 10.2 Å². The lowest BCUT2D eigenvalue weighted by Crippen LogP contribution is -2.18. The summed E-state index contributed by atoms with van der Waals surface area (Å²) in [5.74, 6) is -0.298. The van der Waals surface area contributed by atoms with E-state index in [1.807, 2.05) is 6.92 Å². The fourth-order valence-corrected chi connectivity index (χ4v) is 2.16. The zero-order chi connectivity index (χ0) is 18.4. The van der Waals surface area contributed by atoms with Crippen LogP contribution in [0.3, 0.4) is 0 Å². The molecule has 0 saturated carbocycles. The van der Waals surface area contributed by atoms with E-state index in [0.29, 0.717) is 5.82 Å². The summed E-state index contributed by atoms with van der Waals surface area (Å²) < 4.78 is 39.1. The Hall–Kier alpha value is -2.35. The monoisotopic (exact) mass is 372 g/mol. The van der Waals surface area contributed by atoms with Gasteiger partial charge in [0.25, 0.3) is 5.91 Å². The third-order valence-electron chi connectivity index (χ3n) is 3.27. The number of amides is 1. The summed E-state index contributed by atoms with van der Waals surface area (Å²) in [7, 11) is 0. The van der Waals surface area contributed by atoms with Crippen molar-refractivity contribution in [1.82, 2.24) is 10.2 Å². The minimum Gasteiger partial charge on any atom is -0.369 e. The van der Waals surface area contributed by atoms with E-state index in [0.717, 1.165) is 31.5 Å². The largest absolute Gasteiger partial charge is 0.418 e. The zero-order valence-corrected chi connectivity index (χ0v) is 14.1. The van der Waals surface area contributed by atoms with Crippen molar-refractivity contribution in [3.8, 4) is 0 Å². The second-order valence-electron chi connectivity index (χ2n) is 5.23. The average molecular weight is 373 g/mol. The highest BCUT2D eigenvalue weighted by Gasteiger charge is 2.34. The number of halogens is 4. The van der Waals surface area contributed by atoms with Crippen molar-refractivity contribution in [3.63, 3.8) is 0 Å². The number of alkyl halides is 3. The Bertz CT molecular complexity index is 735. The third-order valence-corrected chi connectivity index (χ3v) is 3.50. The van der Waals surface area contributed by atoms with Crippen molar-refractivity contribution < 1.29 is 18.0 Å². The van der Waals surface area contributed by atoms with Crippen LogP contribution in [0.5, 0.6) is 0 Å². The number of anilines is 2. The van der Waals surface area contributed by atoms with Gasteiger partial charge in [0.15, 0.2) is 5.69 Å². The first-order valence-electron chi connectivity index (χ1n) is 7.57. The van der Waals surface area contributed by atoms with Crippen LogP contribution in [0.1, 0.15) is 35.8 Å². The number of hydrogen-bond acceptors (Lipinski definition) is 4.